The fourth-order valence-electron chi connectivity index (χ4n) is 4.85. The second-order valence-electron chi connectivity index (χ2n) is 9.50. The summed E-state index contributed by atoms with van der Waals surface area (Å²) >= 11 is 0. The van der Waals surface area contributed by atoms with E-state index in [2.05, 4.69) is 24.4 Å². The van der Waals surface area contributed by atoms with Gasteiger partial charge in [0.1, 0.15) is 0 Å². The second-order valence-corrected chi connectivity index (χ2v) is 11.4. The largest absolute Gasteiger partial charge is 0.381 e. The zero-order valence-corrected chi connectivity index (χ0v) is 20.4. The van der Waals surface area contributed by atoms with Crippen molar-refractivity contribution in [3.05, 3.63) is 65.2 Å². The van der Waals surface area contributed by atoms with E-state index in [0.29, 0.717) is 44.3 Å². The van der Waals surface area contributed by atoms with Crippen LogP contribution in [0.15, 0.2) is 53.4 Å². The van der Waals surface area contributed by atoms with Crippen LogP contribution in [0.3, 0.4) is 0 Å². The Morgan fingerprint density at radius 3 is 2.42 bits per heavy atom. The summed E-state index contributed by atoms with van der Waals surface area (Å²) in [5, 5.41) is 3.11. The minimum Gasteiger partial charge on any atom is -0.381 e. The highest BCUT2D eigenvalue weighted by molar-refractivity contribution is 7.89. The third kappa shape index (κ3) is 5.15. The molecule has 2 aliphatic heterocycles. The molecule has 2 aliphatic rings. The van der Waals surface area contributed by atoms with Crippen LogP contribution in [0.4, 0.5) is 0 Å². The molecule has 0 unspecified atom stereocenters. The van der Waals surface area contributed by atoms with Gasteiger partial charge in [-0.2, -0.15) is 4.31 Å². The van der Waals surface area contributed by atoms with E-state index in [0.717, 1.165) is 31.2 Å². The molecule has 2 aromatic carbocycles. The fourth-order valence-corrected chi connectivity index (χ4v) is 6.34. The van der Waals surface area contributed by atoms with Crippen LogP contribution >= 0.6 is 0 Å². The van der Waals surface area contributed by atoms with Crippen molar-refractivity contribution >= 4 is 15.9 Å². The molecule has 178 valence electrons. The van der Waals surface area contributed by atoms with Crippen LogP contribution in [0.25, 0.3) is 0 Å². The number of nitrogens with one attached hydrogen (secondary N) is 1. The summed E-state index contributed by atoms with van der Waals surface area (Å²) in [5.41, 5.74) is 2.19. The lowest BCUT2D eigenvalue weighted by Crippen LogP contribution is -2.44. The van der Waals surface area contributed by atoms with Gasteiger partial charge in [-0.05, 0) is 61.8 Å². The Labute approximate surface area is 197 Å². The molecule has 6 nitrogen and oxygen atoms in total. The summed E-state index contributed by atoms with van der Waals surface area (Å²) in [6.45, 7) is 6.85. The highest BCUT2D eigenvalue weighted by Gasteiger charge is 2.35. The number of carbonyl (C=O) groups is 1. The van der Waals surface area contributed by atoms with Gasteiger partial charge in [-0.1, -0.05) is 43.3 Å². The Hall–Kier alpha value is -2.22. The van der Waals surface area contributed by atoms with Crippen molar-refractivity contribution in [2.45, 2.75) is 49.8 Å². The van der Waals surface area contributed by atoms with Crippen molar-refractivity contribution < 1.29 is 17.9 Å². The maximum Gasteiger partial charge on any atom is 0.251 e. The number of hydrogen-bond donors (Lipinski definition) is 1. The Morgan fingerprint density at radius 2 is 1.76 bits per heavy atom. The molecule has 4 rings (SSSR count). The molecule has 0 bridgehead atoms. The van der Waals surface area contributed by atoms with E-state index in [-0.39, 0.29) is 16.2 Å². The van der Waals surface area contributed by atoms with Gasteiger partial charge < -0.3 is 10.1 Å². The first kappa shape index (κ1) is 23.9. The van der Waals surface area contributed by atoms with Gasteiger partial charge in [0, 0.05) is 43.8 Å². The van der Waals surface area contributed by atoms with E-state index in [1.807, 2.05) is 25.1 Å². The van der Waals surface area contributed by atoms with Gasteiger partial charge in [0.25, 0.3) is 5.91 Å². The van der Waals surface area contributed by atoms with E-state index >= 15 is 0 Å². The number of aryl methyl sites for hydroxylation is 1. The third-order valence-electron chi connectivity index (χ3n) is 7.26. The first-order chi connectivity index (χ1) is 15.8. The van der Waals surface area contributed by atoms with Crippen molar-refractivity contribution in [1.82, 2.24) is 9.62 Å². The van der Waals surface area contributed by atoms with Gasteiger partial charge in [-0.25, -0.2) is 8.42 Å². The van der Waals surface area contributed by atoms with Crippen molar-refractivity contribution in [3.63, 3.8) is 0 Å². The van der Waals surface area contributed by atoms with Crippen LogP contribution in [-0.4, -0.2) is 51.5 Å². The lowest BCUT2D eigenvalue weighted by Gasteiger charge is -2.38. The summed E-state index contributed by atoms with van der Waals surface area (Å²) in [5.74, 6) is 0.302. The average molecular weight is 471 g/mol. The lowest BCUT2D eigenvalue weighted by molar-refractivity contribution is 0.0487. The number of carbonyl (C=O) groups excluding carboxylic acids is 1. The molecule has 0 aromatic heterocycles. The van der Waals surface area contributed by atoms with Crippen molar-refractivity contribution in [3.8, 4) is 0 Å². The Bertz CT molecular complexity index is 1070. The van der Waals surface area contributed by atoms with Crippen LogP contribution in [0, 0.1) is 12.8 Å². The number of hydrogen-bond acceptors (Lipinski definition) is 4. The highest BCUT2D eigenvalue weighted by Crippen LogP contribution is 2.34. The van der Waals surface area contributed by atoms with E-state index < -0.39 is 10.0 Å². The Balaban J connectivity index is 1.53. The molecule has 2 aromatic rings. The standard InChI is InChI=1S/C26H34N2O4S/c1-20-10-14-28(15-11-20)33(30,31)23-9-8-21(2)24(18-23)25(29)27-19-26(12-16-32-17-13-26)22-6-4-3-5-7-22/h3-9,18,20H,10-17,19H2,1-2H3,(H,27,29). The fraction of sp³-hybridized carbons (Fsp3) is 0.500. The van der Waals surface area contributed by atoms with Crippen LogP contribution < -0.4 is 5.32 Å². The lowest BCUT2D eigenvalue weighted by atomic mass is 9.74. The summed E-state index contributed by atoms with van der Waals surface area (Å²) < 4.78 is 33.5. The van der Waals surface area contributed by atoms with Gasteiger partial charge in [0.15, 0.2) is 0 Å². The third-order valence-corrected chi connectivity index (χ3v) is 9.15. The molecule has 2 saturated heterocycles. The molecule has 33 heavy (non-hydrogen) atoms. The molecule has 0 radical (unpaired) electrons. The van der Waals surface area contributed by atoms with E-state index in [9.17, 15) is 13.2 Å². The van der Waals surface area contributed by atoms with E-state index in [4.69, 9.17) is 4.74 Å². The van der Waals surface area contributed by atoms with E-state index in [1.165, 1.54) is 11.6 Å². The zero-order chi connectivity index (χ0) is 23.5. The maximum absolute atomic E-state index is 13.2. The molecule has 1 amide bonds. The van der Waals surface area contributed by atoms with Gasteiger partial charge in [-0.3, -0.25) is 4.79 Å². The first-order valence-electron chi connectivity index (χ1n) is 11.8. The first-order valence-corrected chi connectivity index (χ1v) is 13.3. The topological polar surface area (TPSA) is 75.7 Å². The molecule has 7 heteroatoms. The van der Waals surface area contributed by atoms with Crippen LogP contribution in [0.2, 0.25) is 0 Å². The van der Waals surface area contributed by atoms with Crippen molar-refractivity contribution in [1.29, 1.82) is 0 Å². The zero-order valence-electron chi connectivity index (χ0n) is 19.5. The van der Waals surface area contributed by atoms with E-state index in [1.54, 1.807) is 16.4 Å². The van der Waals surface area contributed by atoms with Crippen LogP contribution in [0.5, 0.6) is 0 Å². The molecular weight excluding hydrogens is 436 g/mol. The van der Waals surface area contributed by atoms with Gasteiger partial charge in [-0.15, -0.1) is 0 Å². The normalized spacial score (nSPS) is 19.8. The SMILES string of the molecule is Cc1ccc(S(=O)(=O)N2CCC(C)CC2)cc1C(=O)NCC1(c2ccccc2)CCOCC1. The average Bonchev–Trinajstić information content (AvgIpc) is 2.84. The molecule has 2 fully saturated rings. The summed E-state index contributed by atoms with van der Waals surface area (Å²) in [6, 6.07) is 15.1. The van der Waals surface area contributed by atoms with Crippen molar-refractivity contribution in [2.24, 2.45) is 5.92 Å². The Morgan fingerprint density at radius 1 is 1.09 bits per heavy atom. The molecule has 0 spiro atoms. The predicted octanol–water partition coefficient (Wildman–Crippen LogP) is 3.89. The van der Waals surface area contributed by atoms with Crippen LogP contribution in [0.1, 0.15) is 54.1 Å². The molecule has 0 saturated carbocycles. The molecule has 1 N–H and O–H groups in total. The van der Waals surface area contributed by atoms with Crippen LogP contribution in [-0.2, 0) is 20.2 Å². The predicted molar refractivity (Wildman–Crippen MR) is 129 cm³/mol. The molecule has 0 aliphatic carbocycles. The molecule has 0 atom stereocenters. The highest BCUT2D eigenvalue weighted by atomic mass is 32.2. The Kier molecular flexibility index (Phi) is 7.22. The summed E-state index contributed by atoms with van der Waals surface area (Å²) in [6.07, 6.45) is 3.39. The summed E-state index contributed by atoms with van der Waals surface area (Å²) in [7, 11) is -3.61. The number of benzene rings is 2. The number of sulfonamides is 1. The monoisotopic (exact) mass is 470 g/mol. The number of amides is 1. The number of piperidine rings is 1. The van der Waals surface area contributed by atoms with Gasteiger partial charge in [0.2, 0.25) is 10.0 Å². The number of rotatable bonds is 6. The number of ether oxygens (including phenoxy) is 1. The summed E-state index contributed by atoms with van der Waals surface area (Å²) in [4.78, 5) is 13.4. The maximum atomic E-state index is 13.2. The quantitative estimate of drug-likeness (QED) is 0.695. The molecular formula is C26H34N2O4S. The van der Waals surface area contributed by atoms with Gasteiger partial charge >= 0.3 is 0 Å². The second kappa shape index (κ2) is 9.95. The minimum absolute atomic E-state index is 0.183. The number of nitrogens with zero attached hydrogens (tertiary/aromatic N) is 1. The van der Waals surface area contributed by atoms with Gasteiger partial charge in [0.05, 0.1) is 4.90 Å². The minimum atomic E-state index is -3.61. The smallest absolute Gasteiger partial charge is 0.251 e. The molecule has 2 heterocycles. The van der Waals surface area contributed by atoms with Crippen molar-refractivity contribution in [2.75, 3.05) is 32.8 Å².